The van der Waals surface area contributed by atoms with Gasteiger partial charge in [-0.3, -0.25) is 9.59 Å². The summed E-state index contributed by atoms with van der Waals surface area (Å²) in [6, 6.07) is 11.6. The van der Waals surface area contributed by atoms with Crippen LogP contribution in [0.25, 0.3) is 0 Å². The number of aromatic hydroxyl groups is 2. The molecule has 8 heteroatoms. The number of amides is 2. The summed E-state index contributed by atoms with van der Waals surface area (Å²) in [6.45, 7) is 0. The van der Waals surface area contributed by atoms with Crippen molar-refractivity contribution in [3.63, 3.8) is 0 Å². The predicted octanol–water partition coefficient (Wildman–Crippen LogP) is 1.23. The molecule has 0 aliphatic carbocycles. The summed E-state index contributed by atoms with van der Waals surface area (Å²) < 4.78 is 0. The van der Waals surface area contributed by atoms with Crippen LogP contribution in [0.1, 0.15) is 20.7 Å². The van der Waals surface area contributed by atoms with Crippen molar-refractivity contribution in [2.24, 2.45) is 10.2 Å². The van der Waals surface area contributed by atoms with E-state index in [1.807, 2.05) is 0 Å². The summed E-state index contributed by atoms with van der Waals surface area (Å²) in [5.74, 6) is -1.05. The minimum absolute atomic E-state index is 0.0251. The van der Waals surface area contributed by atoms with Crippen molar-refractivity contribution in [1.82, 2.24) is 10.9 Å². The highest BCUT2D eigenvalue weighted by Crippen LogP contribution is 2.11. The van der Waals surface area contributed by atoms with E-state index in [-0.39, 0.29) is 22.6 Å². The third kappa shape index (κ3) is 4.95. The monoisotopic (exact) mass is 326 g/mol. The Labute approximate surface area is 137 Å². The van der Waals surface area contributed by atoms with Crippen molar-refractivity contribution in [2.45, 2.75) is 0 Å². The number of hydrogen-bond acceptors (Lipinski definition) is 6. The van der Waals surface area contributed by atoms with Crippen LogP contribution in [0, 0.1) is 0 Å². The van der Waals surface area contributed by atoms with Gasteiger partial charge in [0.2, 0.25) is 0 Å². The first-order valence-electron chi connectivity index (χ1n) is 6.80. The molecule has 2 aromatic rings. The van der Waals surface area contributed by atoms with Crippen molar-refractivity contribution in [3.05, 3.63) is 59.7 Å². The summed E-state index contributed by atoms with van der Waals surface area (Å²) in [6.07, 6.45) is 2.34. The fourth-order valence-electron chi connectivity index (χ4n) is 1.68. The molecule has 0 aliphatic heterocycles. The molecular formula is C16H14N4O4. The Morgan fingerprint density at radius 1 is 0.792 bits per heavy atom. The van der Waals surface area contributed by atoms with Crippen LogP contribution in [0.4, 0.5) is 0 Å². The minimum Gasteiger partial charge on any atom is -0.508 e. The third-order valence-corrected chi connectivity index (χ3v) is 2.76. The molecule has 2 amide bonds. The van der Waals surface area contributed by atoms with Crippen LogP contribution < -0.4 is 10.9 Å². The van der Waals surface area contributed by atoms with E-state index in [4.69, 9.17) is 0 Å². The van der Waals surface area contributed by atoms with Gasteiger partial charge in [0, 0.05) is 11.1 Å². The molecule has 0 saturated carbocycles. The molecule has 0 radical (unpaired) electrons. The van der Waals surface area contributed by atoms with E-state index >= 15 is 0 Å². The molecular weight excluding hydrogens is 312 g/mol. The maximum atomic E-state index is 11.7. The zero-order valence-corrected chi connectivity index (χ0v) is 12.4. The average Bonchev–Trinajstić information content (AvgIpc) is 2.57. The predicted molar refractivity (Wildman–Crippen MR) is 88.1 cm³/mol. The lowest BCUT2D eigenvalue weighted by Crippen LogP contribution is -2.18. The van der Waals surface area contributed by atoms with Crippen LogP contribution in [0.5, 0.6) is 11.5 Å². The minimum atomic E-state index is -0.501. The van der Waals surface area contributed by atoms with Gasteiger partial charge in [0.25, 0.3) is 11.8 Å². The summed E-state index contributed by atoms with van der Waals surface area (Å²) >= 11 is 0. The van der Waals surface area contributed by atoms with Crippen molar-refractivity contribution in [2.75, 3.05) is 0 Å². The Kier molecular flexibility index (Phi) is 5.62. The highest BCUT2D eigenvalue weighted by atomic mass is 16.3. The maximum absolute atomic E-state index is 11.7. The summed E-state index contributed by atoms with van der Waals surface area (Å²) in [5, 5.41) is 25.8. The standard InChI is InChI=1S/C16H14N4O4/c21-13-5-1-3-11(9-13)15(23)19-17-7-8-18-20-16(24)12-4-2-6-14(22)10-12/h1-10,21-22H,(H,19,23)(H,20,24)/b17-7-,18-8-. The quantitative estimate of drug-likeness (QED) is 0.487. The van der Waals surface area contributed by atoms with Crippen LogP contribution in [-0.4, -0.2) is 34.5 Å². The van der Waals surface area contributed by atoms with Crippen LogP contribution >= 0.6 is 0 Å². The zero-order chi connectivity index (χ0) is 17.4. The van der Waals surface area contributed by atoms with Gasteiger partial charge in [0.1, 0.15) is 11.5 Å². The van der Waals surface area contributed by atoms with Gasteiger partial charge >= 0.3 is 0 Å². The van der Waals surface area contributed by atoms with Crippen LogP contribution in [0.2, 0.25) is 0 Å². The molecule has 8 nitrogen and oxygen atoms in total. The van der Waals surface area contributed by atoms with Crippen LogP contribution in [0.3, 0.4) is 0 Å². The highest BCUT2D eigenvalue weighted by Gasteiger charge is 2.04. The van der Waals surface area contributed by atoms with Crippen LogP contribution in [-0.2, 0) is 0 Å². The number of carbonyl (C=O) groups is 2. The number of nitrogens with zero attached hydrogens (tertiary/aromatic N) is 2. The molecule has 0 aromatic heterocycles. The fourth-order valence-corrected chi connectivity index (χ4v) is 1.68. The zero-order valence-electron chi connectivity index (χ0n) is 12.4. The van der Waals surface area contributed by atoms with E-state index in [0.29, 0.717) is 0 Å². The Morgan fingerprint density at radius 2 is 1.21 bits per heavy atom. The number of hydrogen-bond donors (Lipinski definition) is 4. The lowest BCUT2D eigenvalue weighted by molar-refractivity contribution is 0.0946. The molecule has 122 valence electrons. The van der Waals surface area contributed by atoms with Crippen molar-refractivity contribution in [3.8, 4) is 11.5 Å². The van der Waals surface area contributed by atoms with Gasteiger partial charge in [-0.2, -0.15) is 10.2 Å². The van der Waals surface area contributed by atoms with Gasteiger partial charge in [0.05, 0.1) is 12.4 Å². The molecule has 0 heterocycles. The Balaban J connectivity index is 1.80. The summed E-state index contributed by atoms with van der Waals surface area (Å²) in [7, 11) is 0. The third-order valence-electron chi connectivity index (χ3n) is 2.76. The summed E-state index contributed by atoms with van der Waals surface area (Å²) in [5.41, 5.74) is 4.97. The second kappa shape index (κ2) is 8.08. The first-order valence-corrected chi connectivity index (χ1v) is 6.80. The maximum Gasteiger partial charge on any atom is 0.271 e. The molecule has 24 heavy (non-hydrogen) atoms. The molecule has 0 saturated heterocycles. The van der Waals surface area contributed by atoms with Crippen molar-refractivity contribution < 1.29 is 19.8 Å². The lowest BCUT2D eigenvalue weighted by Gasteiger charge is -2.00. The average molecular weight is 326 g/mol. The smallest absolute Gasteiger partial charge is 0.271 e. The Hall–Kier alpha value is -3.68. The molecule has 0 unspecified atom stereocenters. The number of phenols is 2. The number of carbonyl (C=O) groups excluding carboxylic acids is 2. The van der Waals surface area contributed by atoms with Crippen molar-refractivity contribution >= 4 is 24.2 Å². The van der Waals surface area contributed by atoms with Gasteiger partial charge in [-0.15, -0.1) is 0 Å². The van der Waals surface area contributed by atoms with Gasteiger partial charge in [0.15, 0.2) is 0 Å². The topological polar surface area (TPSA) is 123 Å². The van der Waals surface area contributed by atoms with Crippen LogP contribution in [0.15, 0.2) is 58.7 Å². The van der Waals surface area contributed by atoms with Gasteiger partial charge in [-0.05, 0) is 36.4 Å². The lowest BCUT2D eigenvalue weighted by atomic mass is 10.2. The molecule has 0 atom stereocenters. The van der Waals surface area contributed by atoms with E-state index < -0.39 is 11.8 Å². The van der Waals surface area contributed by atoms with E-state index in [9.17, 15) is 19.8 Å². The first kappa shape index (κ1) is 16.7. The van der Waals surface area contributed by atoms with Crippen molar-refractivity contribution in [1.29, 1.82) is 0 Å². The molecule has 4 N–H and O–H groups in total. The Morgan fingerprint density at radius 3 is 1.58 bits per heavy atom. The number of phenolic OH excluding ortho intramolecular Hbond substituents is 2. The number of nitrogens with one attached hydrogen (secondary N) is 2. The molecule has 0 aliphatic rings. The van der Waals surface area contributed by atoms with E-state index in [1.54, 1.807) is 0 Å². The highest BCUT2D eigenvalue weighted by molar-refractivity contribution is 6.16. The first-order chi connectivity index (χ1) is 11.6. The van der Waals surface area contributed by atoms with E-state index in [2.05, 4.69) is 21.1 Å². The van der Waals surface area contributed by atoms with E-state index in [0.717, 1.165) is 0 Å². The molecule has 2 rings (SSSR count). The SMILES string of the molecule is O=C(N/N=C\C=N/NC(=O)c1cccc(O)c1)c1cccc(O)c1. The van der Waals surface area contributed by atoms with E-state index in [1.165, 1.54) is 61.0 Å². The summed E-state index contributed by atoms with van der Waals surface area (Å²) in [4.78, 5) is 23.4. The molecule has 0 bridgehead atoms. The largest absolute Gasteiger partial charge is 0.508 e. The van der Waals surface area contributed by atoms with Gasteiger partial charge < -0.3 is 10.2 Å². The Bertz CT molecular complexity index is 735. The van der Waals surface area contributed by atoms with Gasteiger partial charge in [-0.1, -0.05) is 12.1 Å². The van der Waals surface area contributed by atoms with Gasteiger partial charge in [-0.25, -0.2) is 10.9 Å². The normalized spacial score (nSPS) is 10.8. The molecule has 2 aromatic carbocycles. The molecule has 0 spiro atoms. The fraction of sp³-hybridized carbons (Fsp3) is 0. The number of benzene rings is 2. The second-order valence-corrected chi connectivity index (χ2v) is 4.54. The molecule has 0 fully saturated rings. The number of rotatable bonds is 5. The second-order valence-electron chi connectivity index (χ2n) is 4.54. The number of hydrazone groups is 2.